The third-order valence-corrected chi connectivity index (χ3v) is 7.30. The van der Waals surface area contributed by atoms with Crippen molar-refractivity contribution >= 4 is 35.8 Å². The van der Waals surface area contributed by atoms with E-state index in [9.17, 15) is 14.4 Å². The van der Waals surface area contributed by atoms with Crippen LogP contribution in [0.5, 0.6) is 5.75 Å². The van der Waals surface area contributed by atoms with E-state index in [-0.39, 0.29) is 42.6 Å². The molecule has 37 heavy (non-hydrogen) atoms. The van der Waals surface area contributed by atoms with Gasteiger partial charge in [0.05, 0.1) is 0 Å². The zero-order valence-corrected chi connectivity index (χ0v) is 21.8. The van der Waals surface area contributed by atoms with Crippen LogP contribution in [0.3, 0.4) is 0 Å². The van der Waals surface area contributed by atoms with Crippen molar-refractivity contribution in [3.05, 3.63) is 59.2 Å². The SMILES string of the molecule is CC(N)c1cccc(OCCN2CCN(c3ccc4c(c3)CN(C3CCC(=O)NC3=O)C4=O)CC2)c1.Cl. The number of piperazine rings is 1. The lowest BCUT2D eigenvalue weighted by Crippen LogP contribution is -2.52. The largest absolute Gasteiger partial charge is 0.492 e. The predicted molar refractivity (Wildman–Crippen MR) is 143 cm³/mol. The highest BCUT2D eigenvalue weighted by Crippen LogP contribution is 2.31. The molecule has 5 rings (SSSR count). The van der Waals surface area contributed by atoms with Gasteiger partial charge in [0.2, 0.25) is 11.8 Å². The molecule has 3 N–H and O–H groups in total. The number of nitrogens with zero attached hydrogens (tertiary/aromatic N) is 3. The Kier molecular flexibility index (Phi) is 8.36. The predicted octanol–water partition coefficient (Wildman–Crippen LogP) is 2.09. The summed E-state index contributed by atoms with van der Waals surface area (Å²) in [5.41, 5.74) is 9.70. The van der Waals surface area contributed by atoms with Gasteiger partial charge in [-0.3, -0.25) is 24.6 Å². The van der Waals surface area contributed by atoms with Crippen LogP contribution in [-0.4, -0.2) is 72.9 Å². The Balaban J connectivity index is 0.00000320. The minimum absolute atomic E-state index is 0. The Morgan fingerprint density at radius 2 is 1.86 bits per heavy atom. The molecule has 9 nitrogen and oxygen atoms in total. The van der Waals surface area contributed by atoms with E-state index in [1.165, 1.54) is 0 Å². The van der Waals surface area contributed by atoms with Crippen LogP contribution in [0.15, 0.2) is 42.5 Å². The fourth-order valence-corrected chi connectivity index (χ4v) is 5.17. The number of nitrogens with one attached hydrogen (secondary N) is 1. The van der Waals surface area contributed by atoms with Gasteiger partial charge in [-0.15, -0.1) is 12.4 Å². The first kappa shape index (κ1) is 26.9. The Hall–Kier alpha value is -3.14. The molecular formula is C27H34ClN5O4. The number of ether oxygens (including phenoxy) is 1. The molecule has 0 aliphatic carbocycles. The number of hydrogen-bond donors (Lipinski definition) is 2. The molecule has 0 saturated carbocycles. The number of carbonyl (C=O) groups is 3. The first-order valence-corrected chi connectivity index (χ1v) is 12.6. The average Bonchev–Trinajstić information content (AvgIpc) is 3.20. The van der Waals surface area contributed by atoms with Gasteiger partial charge >= 0.3 is 0 Å². The summed E-state index contributed by atoms with van der Waals surface area (Å²) < 4.78 is 5.95. The standard InChI is InChI=1S/C27H33N5O4.ClH/c1-18(28)19-3-2-4-22(16-19)36-14-13-30-9-11-31(12-10-30)21-5-6-23-20(15-21)17-32(27(23)35)24-7-8-25(33)29-26(24)34;/h2-6,15-16,18,24H,7-14,17,28H2,1H3,(H,29,33,34);1H. The van der Waals surface area contributed by atoms with Crippen LogP contribution in [0.4, 0.5) is 5.69 Å². The van der Waals surface area contributed by atoms with Gasteiger partial charge in [0.1, 0.15) is 18.4 Å². The normalized spacial score (nSPS) is 20.8. The molecule has 198 valence electrons. The summed E-state index contributed by atoms with van der Waals surface area (Å²) in [5, 5.41) is 2.35. The van der Waals surface area contributed by atoms with Crippen LogP contribution in [0, 0.1) is 0 Å². The number of hydrogen-bond acceptors (Lipinski definition) is 7. The van der Waals surface area contributed by atoms with Crippen LogP contribution in [0.2, 0.25) is 0 Å². The molecule has 2 saturated heterocycles. The van der Waals surface area contributed by atoms with Crippen LogP contribution in [0.1, 0.15) is 47.3 Å². The number of piperidine rings is 1. The quantitative estimate of drug-likeness (QED) is 0.531. The number of rotatable bonds is 7. The second-order valence-electron chi connectivity index (χ2n) is 9.78. The Morgan fingerprint density at radius 1 is 1.08 bits per heavy atom. The van der Waals surface area contributed by atoms with Crippen molar-refractivity contribution in [3.63, 3.8) is 0 Å². The van der Waals surface area contributed by atoms with Crippen molar-refractivity contribution in [1.29, 1.82) is 0 Å². The number of carbonyl (C=O) groups excluding carboxylic acids is 3. The van der Waals surface area contributed by atoms with E-state index in [0.717, 1.165) is 55.3 Å². The number of nitrogens with two attached hydrogens (primary N) is 1. The number of halogens is 1. The molecule has 3 aliphatic rings. The molecule has 0 radical (unpaired) electrons. The van der Waals surface area contributed by atoms with Gasteiger partial charge in [-0.25, -0.2) is 0 Å². The van der Waals surface area contributed by atoms with Crippen molar-refractivity contribution in [1.82, 2.24) is 15.1 Å². The molecule has 2 unspecified atom stereocenters. The lowest BCUT2D eigenvalue weighted by atomic mass is 10.0. The highest BCUT2D eigenvalue weighted by atomic mass is 35.5. The third kappa shape index (κ3) is 5.89. The number of benzene rings is 2. The maximum absolute atomic E-state index is 12.9. The molecule has 2 aromatic carbocycles. The molecular weight excluding hydrogens is 494 g/mol. The fourth-order valence-electron chi connectivity index (χ4n) is 5.17. The highest BCUT2D eigenvalue weighted by Gasteiger charge is 2.39. The molecule has 0 spiro atoms. The summed E-state index contributed by atoms with van der Waals surface area (Å²) in [4.78, 5) is 43.0. The maximum atomic E-state index is 12.9. The summed E-state index contributed by atoms with van der Waals surface area (Å²) in [6.45, 7) is 7.49. The summed E-state index contributed by atoms with van der Waals surface area (Å²) in [6.07, 6.45) is 0.636. The maximum Gasteiger partial charge on any atom is 0.255 e. The monoisotopic (exact) mass is 527 g/mol. The fraction of sp³-hybridized carbons (Fsp3) is 0.444. The zero-order chi connectivity index (χ0) is 25.2. The van der Waals surface area contributed by atoms with E-state index in [4.69, 9.17) is 10.5 Å². The highest BCUT2D eigenvalue weighted by molar-refractivity contribution is 6.05. The van der Waals surface area contributed by atoms with Gasteiger partial charge in [0.25, 0.3) is 5.91 Å². The lowest BCUT2D eigenvalue weighted by Gasteiger charge is -2.36. The van der Waals surface area contributed by atoms with Gasteiger partial charge in [-0.1, -0.05) is 12.1 Å². The number of fused-ring (bicyclic) bond motifs is 1. The minimum atomic E-state index is -0.585. The van der Waals surface area contributed by atoms with E-state index in [1.807, 2.05) is 43.3 Å². The summed E-state index contributed by atoms with van der Waals surface area (Å²) in [5.74, 6) is 0.0583. The van der Waals surface area contributed by atoms with Gasteiger partial charge in [0, 0.05) is 63.0 Å². The van der Waals surface area contributed by atoms with Crippen molar-refractivity contribution in [2.45, 2.75) is 38.4 Å². The Bertz CT molecular complexity index is 1170. The Morgan fingerprint density at radius 3 is 2.59 bits per heavy atom. The lowest BCUT2D eigenvalue weighted by molar-refractivity contribution is -0.136. The first-order valence-electron chi connectivity index (χ1n) is 12.6. The van der Waals surface area contributed by atoms with Crippen LogP contribution < -0.4 is 20.7 Å². The van der Waals surface area contributed by atoms with Gasteiger partial charge in [-0.05, 0) is 54.8 Å². The average molecular weight is 528 g/mol. The van der Waals surface area contributed by atoms with E-state index >= 15 is 0 Å². The molecule has 2 atom stereocenters. The molecule has 2 fully saturated rings. The van der Waals surface area contributed by atoms with Crippen molar-refractivity contribution in [2.75, 3.05) is 44.2 Å². The van der Waals surface area contributed by atoms with Crippen molar-refractivity contribution in [2.24, 2.45) is 5.73 Å². The topological polar surface area (TPSA) is 108 Å². The second-order valence-corrected chi connectivity index (χ2v) is 9.78. The molecule has 10 heteroatoms. The van der Waals surface area contributed by atoms with Crippen LogP contribution in [-0.2, 0) is 16.1 Å². The van der Waals surface area contributed by atoms with Crippen LogP contribution in [0.25, 0.3) is 0 Å². The van der Waals surface area contributed by atoms with E-state index in [1.54, 1.807) is 4.90 Å². The summed E-state index contributed by atoms with van der Waals surface area (Å²) in [6, 6.07) is 13.3. The number of anilines is 1. The van der Waals surface area contributed by atoms with Gasteiger partial charge in [0.15, 0.2) is 0 Å². The second kappa shape index (κ2) is 11.5. The molecule has 3 amide bonds. The van der Waals surface area contributed by atoms with E-state index in [2.05, 4.69) is 21.2 Å². The van der Waals surface area contributed by atoms with Crippen molar-refractivity contribution in [3.8, 4) is 5.75 Å². The Labute approximate surface area is 223 Å². The van der Waals surface area contributed by atoms with E-state index < -0.39 is 6.04 Å². The molecule has 2 aromatic rings. The first-order chi connectivity index (χ1) is 17.4. The van der Waals surface area contributed by atoms with Crippen molar-refractivity contribution < 1.29 is 19.1 Å². The summed E-state index contributed by atoms with van der Waals surface area (Å²) >= 11 is 0. The summed E-state index contributed by atoms with van der Waals surface area (Å²) in [7, 11) is 0. The molecule has 0 bridgehead atoms. The van der Waals surface area contributed by atoms with Crippen LogP contribution >= 0.6 is 12.4 Å². The van der Waals surface area contributed by atoms with Gasteiger partial charge < -0.3 is 20.3 Å². The molecule has 3 heterocycles. The van der Waals surface area contributed by atoms with Gasteiger partial charge in [-0.2, -0.15) is 0 Å². The number of imide groups is 1. The smallest absolute Gasteiger partial charge is 0.255 e. The minimum Gasteiger partial charge on any atom is -0.492 e. The molecule has 0 aromatic heterocycles. The van der Waals surface area contributed by atoms with E-state index in [0.29, 0.717) is 25.1 Å². The number of amides is 3. The third-order valence-electron chi connectivity index (χ3n) is 7.30. The zero-order valence-electron chi connectivity index (χ0n) is 21.0. The molecule has 3 aliphatic heterocycles.